The number of fused-ring (bicyclic) bond motifs is 1. The molecule has 0 radical (unpaired) electrons. The molecular formula is C13H15N3OS. The third-order valence-electron chi connectivity index (χ3n) is 4.05. The fourth-order valence-corrected chi connectivity index (χ4v) is 3.90. The van der Waals surface area contributed by atoms with Gasteiger partial charge in [0.15, 0.2) is 0 Å². The molecule has 0 spiro atoms. The number of thiophene rings is 1. The SMILES string of the molecule is N#Cc1ccsc1NC(=O)C1NCC2CCCC21. The van der Waals surface area contributed by atoms with Gasteiger partial charge in [0, 0.05) is 0 Å². The fraction of sp³-hybridized carbons (Fsp3) is 0.538. The average molecular weight is 261 g/mol. The number of hydrogen-bond donors (Lipinski definition) is 2. The predicted octanol–water partition coefficient (Wildman–Crippen LogP) is 1.95. The normalized spacial score (nSPS) is 29.8. The molecule has 1 aromatic rings. The average Bonchev–Trinajstić information content (AvgIpc) is 3.03. The van der Waals surface area contributed by atoms with Gasteiger partial charge in [-0.25, -0.2) is 0 Å². The molecule has 1 aromatic heterocycles. The Bertz CT molecular complexity index is 505. The zero-order chi connectivity index (χ0) is 12.5. The molecule has 3 atom stereocenters. The second-order valence-corrected chi connectivity index (χ2v) is 5.92. The Morgan fingerprint density at radius 1 is 1.56 bits per heavy atom. The van der Waals surface area contributed by atoms with Crippen LogP contribution in [0.3, 0.4) is 0 Å². The molecule has 5 heteroatoms. The highest BCUT2D eigenvalue weighted by atomic mass is 32.1. The van der Waals surface area contributed by atoms with Crippen LogP contribution in [0.2, 0.25) is 0 Å². The van der Waals surface area contributed by atoms with Crippen LogP contribution in [-0.4, -0.2) is 18.5 Å². The van der Waals surface area contributed by atoms with Crippen LogP contribution in [0.5, 0.6) is 0 Å². The number of hydrogen-bond acceptors (Lipinski definition) is 4. The lowest BCUT2D eigenvalue weighted by Gasteiger charge is -2.17. The molecule has 1 amide bonds. The van der Waals surface area contributed by atoms with Gasteiger partial charge in [-0.2, -0.15) is 5.26 Å². The van der Waals surface area contributed by atoms with Gasteiger partial charge in [0.1, 0.15) is 11.1 Å². The van der Waals surface area contributed by atoms with Crippen molar-refractivity contribution in [3.8, 4) is 6.07 Å². The van der Waals surface area contributed by atoms with Crippen LogP contribution in [0.15, 0.2) is 11.4 Å². The summed E-state index contributed by atoms with van der Waals surface area (Å²) in [5.41, 5.74) is 0.550. The van der Waals surface area contributed by atoms with Crippen molar-refractivity contribution in [1.29, 1.82) is 5.26 Å². The number of carbonyl (C=O) groups excluding carboxylic acids is 1. The van der Waals surface area contributed by atoms with Crippen molar-refractivity contribution in [1.82, 2.24) is 5.32 Å². The number of amides is 1. The van der Waals surface area contributed by atoms with Crippen molar-refractivity contribution in [2.45, 2.75) is 25.3 Å². The third-order valence-corrected chi connectivity index (χ3v) is 4.88. The van der Waals surface area contributed by atoms with Crippen molar-refractivity contribution in [2.24, 2.45) is 11.8 Å². The van der Waals surface area contributed by atoms with E-state index in [-0.39, 0.29) is 11.9 Å². The second-order valence-electron chi connectivity index (χ2n) is 5.01. The number of rotatable bonds is 2. The number of nitrogens with zero attached hydrogens (tertiary/aromatic N) is 1. The lowest BCUT2D eigenvalue weighted by Crippen LogP contribution is -2.39. The van der Waals surface area contributed by atoms with Crippen LogP contribution < -0.4 is 10.6 Å². The van der Waals surface area contributed by atoms with E-state index < -0.39 is 0 Å². The minimum atomic E-state index is -0.0776. The molecular weight excluding hydrogens is 246 g/mol. The molecule has 1 saturated carbocycles. The number of nitrogens with one attached hydrogen (secondary N) is 2. The van der Waals surface area contributed by atoms with Gasteiger partial charge in [-0.05, 0) is 42.7 Å². The molecule has 2 N–H and O–H groups in total. The Balaban J connectivity index is 1.71. The van der Waals surface area contributed by atoms with E-state index in [4.69, 9.17) is 5.26 Å². The van der Waals surface area contributed by atoms with Gasteiger partial charge >= 0.3 is 0 Å². The topological polar surface area (TPSA) is 64.9 Å². The Labute approximate surface area is 110 Å². The van der Waals surface area contributed by atoms with Gasteiger partial charge < -0.3 is 10.6 Å². The second kappa shape index (κ2) is 4.71. The van der Waals surface area contributed by atoms with Gasteiger partial charge in [0.2, 0.25) is 5.91 Å². The predicted molar refractivity (Wildman–Crippen MR) is 70.3 cm³/mol. The van der Waals surface area contributed by atoms with E-state index in [2.05, 4.69) is 16.7 Å². The Morgan fingerprint density at radius 3 is 3.28 bits per heavy atom. The first-order valence-electron chi connectivity index (χ1n) is 6.31. The summed E-state index contributed by atoms with van der Waals surface area (Å²) in [5, 5.41) is 17.6. The molecule has 2 aliphatic rings. The van der Waals surface area contributed by atoms with Crippen molar-refractivity contribution < 1.29 is 4.79 Å². The third kappa shape index (κ3) is 1.92. The lowest BCUT2D eigenvalue weighted by atomic mass is 9.94. The van der Waals surface area contributed by atoms with Crippen LogP contribution in [0.25, 0.3) is 0 Å². The fourth-order valence-electron chi connectivity index (χ4n) is 3.16. The van der Waals surface area contributed by atoms with Crippen molar-refractivity contribution in [2.75, 3.05) is 11.9 Å². The smallest absolute Gasteiger partial charge is 0.242 e. The van der Waals surface area contributed by atoms with Gasteiger partial charge in [-0.15, -0.1) is 11.3 Å². The van der Waals surface area contributed by atoms with Gasteiger partial charge in [0.25, 0.3) is 0 Å². The summed E-state index contributed by atoms with van der Waals surface area (Å²) in [7, 11) is 0. The molecule has 94 valence electrons. The quantitative estimate of drug-likeness (QED) is 0.855. The minimum Gasteiger partial charge on any atom is -0.315 e. The molecule has 0 aromatic carbocycles. The summed E-state index contributed by atoms with van der Waals surface area (Å²) in [6.45, 7) is 0.957. The first kappa shape index (κ1) is 11.7. The highest BCUT2D eigenvalue weighted by molar-refractivity contribution is 7.14. The van der Waals surface area contributed by atoms with Crippen molar-refractivity contribution >= 4 is 22.2 Å². The highest BCUT2D eigenvalue weighted by Crippen LogP contribution is 2.38. The maximum Gasteiger partial charge on any atom is 0.242 e. The Kier molecular flexibility index (Phi) is 3.06. The molecule has 2 heterocycles. The van der Waals surface area contributed by atoms with E-state index in [0.717, 1.165) is 13.0 Å². The van der Waals surface area contributed by atoms with E-state index in [1.807, 2.05) is 5.38 Å². The highest BCUT2D eigenvalue weighted by Gasteiger charge is 2.42. The van der Waals surface area contributed by atoms with E-state index in [0.29, 0.717) is 22.4 Å². The van der Waals surface area contributed by atoms with E-state index in [9.17, 15) is 4.79 Å². The molecule has 18 heavy (non-hydrogen) atoms. The summed E-state index contributed by atoms with van der Waals surface area (Å²) in [5.74, 6) is 1.17. The van der Waals surface area contributed by atoms with Crippen LogP contribution in [-0.2, 0) is 4.79 Å². The van der Waals surface area contributed by atoms with E-state index in [1.54, 1.807) is 6.07 Å². The molecule has 0 bridgehead atoms. The first-order valence-corrected chi connectivity index (χ1v) is 7.19. The van der Waals surface area contributed by atoms with E-state index >= 15 is 0 Å². The monoisotopic (exact) mass is 261 g/mol. The summed E-state index contributed by atoms with van der Waals surface area (Å²) >= 11 is 1.40. The van der Waals surface area contributed by atoms with E-state index in [1.165, 1.54) is 24.2 Å². The molecule has 1 saturated heterocycles. The number of nitriles is 1. The van der Waals surface area contributed by atoms with Crippen molar-refractivity contribution in [3.63, 3.8) is 0 Å². The molecule has 3 unspecified atom stereocenters. The molecule has 1 aliphatic carbocycles. The first-order chi connectivity index (χ1) is 8.79. The van der Waals surface area contributed by atoms with Crippen LogP contribution >= 0.6 is 11.3 Å². The minimum absolute atomic E-state index is 0.0170. The summed E-state index contributed by atoms with van der Waals surface area (Å²) < 4.78 is 0. The van der Waals surface area contributed by atoms with Crippen LogP contribution in [0.1, 0.15) is 24.8 Å². The molecule has 1 aliphatic heterocycles. The van der Waals surface area contributed by atoms with Gasteiger partial charge in [-0.1, -0.05) is 6.42 Å². The van der Waals surface area contributed by atoms with Gasteiger partial charge in [-0.3, -0.25) is 4.79 Å². The Hall–Kier alpha value is -1.38. The maximum atomic E-state index is 12.2. The molecule has 3 rings (SSSR count). The largest absolute Gasteiger partial charge is 0.315 e. The van der Waals surface area contributed by atoms with Crippen LogP contribution in [0.4, 0.5) is 5.00 Å². The van der Waals surface area contributed by atoms with Crippen molar-refractivity contribution in [3.05, 3.63) is 17.0 Å². The zero-order valence-electron chi connectivity index (χ0n) is 9.98. The summed E-state index contributed by atoms with van der Waals surface area (Å²) in [6, 6.07) is 3.75. The summed E-state index contributed by atoms with van der Waals surface area (Å²) in [4.78, 5) is 12.2. The molecule has 4 nitrogen and oxygen atoms in total. The number of anilines is 1. The standard InChI is InChI=1S/C13H15N3OS/c14-6-8-4-5-18-13(8)16-12(17)11-10-3-1-2-9(10)7-15-11/h4-5,9-11,15H,1-3,7H2,(H,16,17). The Morgan fingerprint density at radius 2 is 2.44 bits per heavy atom. The lowest BCUT2D eigenvalue weighted by molar-refractivity contribution is -0.118. The maximum absolute atomic E-state index is 12.2. The van der Waals surface area contributed by atoms with Gasteiger partial charge in [0.05, 0.1) is 11.6 Å². The molecule has 2 fully saturated rings. The van der Waals surface area contributed by atoms with Crippen LogP contribution in [0, 0.1) is 23.2 Å². The summed E-state index contributed by atoms with van der Waals surface area (Å²) in [6.07, 6.45) is 3.62. The number of carbonyl (C=O) groups is 1. The zero-order valence-corrected chi connectivity index (χ0v) is 10.8.